The maximum atomic E-state index is 14.1. The van der Waals surface area contributed by atoms with E-state index in [-0.39, 0.29) is 17.2 Å². The van der Waals surface area contributed by atoms with E-state index < -0.39 is 39.2 Å². The zero-order chi connectivity index (χ0) is 20.9. The molecule has 0 heterocycles. The fourth-order valence-corrected chi connectivity index (χ4v) is 3.45. The van der Waals surface area contributed by atoms with Crippen LogP contribution in [0.1, 0.15) is 24.9 Å². The molecular formula is C18H18F2N2O5S. The number of rotatable bonds is 7. The molecule has 2 N–H and O–H groups in total. The van der Waals surface area contributed by atoms with Gasteiger partial charge in [0.15, 0.2) is 0 Å². The van der Waals surface area contributed by atoms with Crippen LogP contribution in [0.3, 0.4) is 0 Å². The predicted octanol–water partition coefficient (Wildman–Crippen LogP) is 2.51. The van der Waals surface area contributed by atoms with Crippen LogP contribution in [0.25, 0.3) is 0 Å². The third-order valence-electron chi connectivity index (χ3n) is 3.75. The van der Waals surface area contributed by atoms with Crippen molar-refractivity contribution in [2.45, 2.75) is 24.3 Å². The Bertz CT molecular complexity index is 978. The van der Waals surface area contributed by atoms with Crippen LogP contribution in [0.5, 0.6) is 0 Å². The molecule has 7 nitrogen and oxygen atoms in total. The number of carbonyl (C=O) groups excluding carboxylic acids is 2. The average molecular weight is 412 g/mol. The Hall–Kier alpha value is -2.85. The molecule has 28 heavy (non-hydrogen) atoms. The number of sulfonamides is 1. The van der Waals surface area contributed by atoms with Gasteiger partial charge in [0.25, 0.3) is 0 Å². The van der Waals surface area contributed by atoms with Gasteiger partial charge in [0.1, 0.15) is 17.7 Å². The van der Waals surface area contributed by atoms with Crippen LogP contribution in [0, 0.1) is 11.6 Å². The molecule has 0 saturated heterocycles. The van der Waals surface area contributed by atoms with Crippen LogP contribution >= 0.6 is 0 Å². The van der Waals surface area contributed by atoms with Gasteiger partial charge in [-0.25, -0.2) is 22.0 Å². The minimum atomic E-state index is -4.30. The molecule has 2 aromatic carbocycles. The van der Waals surface area contributed by atoms with Crippen molar-refractivity contribution in [1.29, 1.82) is 0 Å². The molecule has 0 aliphatic heterocycles. The number of anilines is 1. The van der Waals surface area contributed by atoms with Crippen LogP contribution in [0.15, 0.2) is 47.4 Å². The smallest absolute Gasteiger partial charge is 0.328 e. The first kappa shape index (κ1) is 21.5. The van der Waals surface area contributed by atoms with Crippen molar-refractivity contribution in [3.05, 3.63) is 59.7 Å². The van der Waals surface area contributed by atoms with Gasteiger partial charge in [0.05, 0.1) is 12.0 Å². The van der Waals surface area contributed by atoms with E-state index in [0.717, 1.165) is 19.2 Å². The highest BCUT2D eigenvalue weighted by molar-refractivity contribution is 7.89. The Labute approximate surface area is 160 Å². The summed E-state index contributed by atoms with van der Waals surface area (Å²) in [6.07, 6.45) is 0.252. The summed E-state index contributed by atoms with van der Waals surface area (Å²) in [6.45, 7) is 1.66. The lowest BCUT2D eigenvalue weighted by atomic mass is 10.1. The quantitative estimate of drug-likeness (QED) is 0.681. The number of carbonyl (C=O) groups is 2. The van der Waals surface area contributed by atoms with E-state index >= 15 is 0 Å². The molecule has 1 amide bonds. The van der Waals surface area contributed by atoms with Gasteiger partial charge in [0, 0.05) is 17.7 Å². The molecule has 0 spiro atoms. The average Bonchev–Trinajstić information content (AvgIpc) is 2.68. The van der Waals surface area contributed by atoms with E-state index in [0.29, 0.717) is 11.8 Å². The first-order valence-corrected chi connectivity index (χ1v) is 9.61. The van der Waals surface area contributed by atoms with E-state index in [1.54, 1.807) is 6.92 Å². The number of ether oxygens (including phenoxy) is 1. The standard InChI is InChI=1S/C18H18F2N2O5S/c1-3-16(23)21-12-5-7-13(8-6-12)28(25,26)22-17(18(24)27-2)14-10-11(19)4-9-15(14)20/h4-10,17,22H,3H2,1-2H3,(H,21,23). The predicted molar refractivity (Wildman–Crippen MR) is 96.8 cm³/mol. The Morgan fingerprint density at radius 2 is 1.75 bits per heavy atom. The minimum absolute atomic E-state index is 0.243. The van der Waals surface area contributed by atoms with Crippen molar-refractivity contribution in [3.63, 3.8) is 0 Å². The second-order valence-corrected chi connectivity index (χ2v) is 7.38. The maximum absolute atomic E-state index is 14.1. The summed E-state index contributed by atoms with van der Waals surface area (Å²) in [6, 6.07) is 5.66. The van der Waals surface area contributed by atoms with Crippen molar-refractivity contribution in [3.8, 4) is 0 Å². The highest BCUT2D eigenvalue weighted by Gasteiger charge is 2.30. The summed E-state index contributed by atoms with van der Waals surface area (Å²) in [4.78, 5) is 23.1. The number of hydrogen-bond acceptors (Lipinski definition) is 5. The zero-order valence-electron chi connectivity index (χ0n) is 15.0. The molecule has 0 aliphatic rings. The van der Waals surface area contributed by atoms with Gasteiger partial charge < -0.3 is 10.1 Å². The highest BCUT2D eigenvalue weighted by Crippen LogP contribution is 2.23. The van der Waals surface area contributed by atoms with Gasteiger partial charge in [-0.15, -0.1) is 0 Å². The fourth-order valence-electron chi connectivity index (χ4n) is 2.28. The summed E-state index contributed by atoms with van der Waals surface area (Å²) < 4.78 is 59.3. The van der Waals surface area contributed by atoms with E-state index in [2.05, 4.69) is 10.1 Å². The molecule has 0 saturated carbocycles. The van der Waals surface area contributed by atoms with E-state index in [1.807, 2.05) is 4.72 Å². The van der Waals surface area contributed by atoms with Crippen molar-refractivity contribution in [2.75, 3.05) is 12.4 Å². The summed E-state index contributed by atoms with van der Waals surface area (Å²) in [5.41, 5.74) is -0.131. The van der Waals surface area contributed by atoms with Crippen LogP contribution in [-0.4, -0.2) is 27.4 Å². The molecule has 0 fully saturated rings. The van der Waals surface area contributed by atoms with Crippen molar-refractivity contribution < 1.29 is 31.5 Å². The summed E-state index contributed by atoms with van der Waals surface area (Å²) >= 11 is 0. The molecule has 150 valence electrons. The summed E-state index contributed by atoms with van der Waals surface area (Å²) in [7, 11) is -3.30. The number of halogens is 2. The zero-order valence-corrected chi connectivity index (χ0v) is 15.8. The van der Waals surface area contributed by atoms with Crippen LogP contribution < -0.4 is 10.0 Å². The molecule has 0 bridgehead atoms. The molecule has 2 rings (SSSR count). The third kappa shape index (κ3) is 5.11. The molecule has 0 aromatic heterocycles. The first-order chi connectivity index (χ1) is 13.2. The van der Waals surface area contributed by atoms with Gasteiger partial charge in [-0.2, -0.15) is 4.72 Å². The van der Waals surface area contributed by atoms with Gasteiger partial charge in [-0.05, 0) is 42.5 Å². The number of methoxy groups -OCH3 is 1. The summed E-state index contributed by atoms with van der Waals surface area (Å²) in [5.74, 6) is -3.18. The Morgan fingerprint density at radius 3 is 2.32 bits per heavy atom. The van der Waals surface area contributed by atoms with Gasteiger partial charge in [-0.3, -0.25) is 4.79 Å². The van der Waals surface area contributed by atoms with E-state index in [9.17, 15) is 26.8 Å². The van der Waals surface area contributed by atoms with Gasteiger partial charge in [-0.1, -0.05) is 6.92 Å². The molecule has 1 atom stereocenters. The normalized spacial score (nSPS) is 12.3. The molecule has 1 unspecified atom stereocenters. The Morgan fingerprint density at radius 1 is 1.11 bits per heavy atom. The molecular weight excluding hydrogens is 394 g/mol. The van der Waals surface area contributed by atoms with Crippen LogP contribution in [0.4, 0.5) is 14.5 Å². The van der Waals surface area contributed by atoms with E-state index in [4.69, 9.17) is 0 Å². The van der Waals surface area contributed by atoms with Crippen LogP contribution in [0.2, 0.25) is 0 Å². The lowest BCUT2D eigenvalue weighted by Gasteiger charge is -2.18. The van der Waals surface area contributed by atoms with Gasteiger partial charge in [0.2, 0.25) is 15.9 Å². The Kier molecular flexibility index (Phi) is 6.81. The van der Waals surface area contributed by atoms with Gasteiger partial charge >= 0.3 is 5.97 Å². The molecule has 2 aromatic rings. The number of nitrogens with one attached hydrogen (secondary N) is 2. The summed E-state index contributed by atoms with van der Waals surface area (Å²) in [5, 5.41) is 2.56. The first-order valence-electron chi connectivity index (χ1n) is 8.13. The van der Waals surface area contributed by atoms with Crippen molar-refractivity contribution in [1.82, 2.24) is 4.72 Å². The fraction of sp³-hybridized carbons (Fsp3) is 0.222. The topological polar surface area (TPSA) is 102 Å². The number of amides is 1. The second-order valence-electron chi connectivity index (χ2n) is 5.67. The lowest BCUT2D eigenvalue weighted by molar-refractivity contribution is -0.142. The molecule has 0 radical (unpaired) electrons. The minimum Gasteiger partial charge on any atom is -0.468 e. The molecule has 10 heteroatoms. The van der Waals surface area contributed by atoms with E-state index in [1.165, 1.54) is 24.3 Å². The highest BCUT2D eigenvalue weighted by atomic mass is 32.2. The number of esters is 1. The molecule has 0 aliphatic carbocycles. The second kappa shape index (κ2) is 8.89. The van der Waals surface area contributed by atoms with Crippen LogP contribution in [-0.2, 0) is 24.3 Å². The monoisotopic (exact) mass is 412 g/mol. The maximum Gasteiger partial charge on any atom is 0.328 e. The number of benzene rings is 2. The Balaban J connectivity index is 2.34. The van der Waals surface area contributed by atoms with Crippen molar-refractivity contribution in [2.24, 2.45) is 0 Å². The lowest BCUT2D eigenvalue weighted by Crippen LogP contribution is -2.35. The number of hydrogen-bond donors (Lipinski definition) is 2. The third-order valence-corrected chi connectivity index (χ3v) is 5.19. The SMILES string of the molecule is CCC(=O)Nc1ccc(S(=O)(=O)NC(C(=O)OC)c2cc(F)ccc2F)cc1. The van der Waals surface area contributed by atoms with Crippen molar-refractivity contribution >= 4 is 27.6 Å². The largest absolute Gasteiger partial charge is 0.468 e.